The molecule has 1 heterocycles. The van der Waals surface area contributed by atoms with Crippen LogP contribution < -0.4 is 14.8 Å². The van der Waals surface area contributed by atoms with Gasteiger partial charge >= 0.3 is 6.03 Å². The highest BCUT2D eigenvalue weighted by Gasteiger charge is 2.17. The van der Waals surface area contributed by atoms with Crippen LogP contribution in [0.25, 0.3) is 0 Å². The molecular weight excluding hydrogens is 326 g/mol. The van der Waals surface area contributed by atoms with Crippen molar-refractivity contribution < 1.29 is 17.9 Å². The number of methoxy groups -OCH3 is 1. The average Bonchev–Trinajstić information content (AvgIpc) is 2.47. The van der Waals surface area contributed by atoms with Crippen molar-refractivity contribution in [2.75, 3.05) is 48.0 Å². The molecule has 1 aromatic carbocycles. The summed E-state index contributed by atoms with van der Waals surface area (Å²) in [6.45, 7) is 1.42. The quantitative estimate of drug-likeness (QED) is 0.866. The van der Waals surface area contributed by atoms with Gasteiger partial charge in [0, 0.05) is 30.3 Å². The number of ether oxygens (including phenoxy) is 1. The number of urea groups is 1. The van der Waals surface area contributed by atoms with Gasteiger partial charge in [-0.2, -0.15) is 11.8 Å². The molecule has 7 nitrogen and oxygen atoms in total. The minimum Gasteiger partial charge on any atom is -0.495 e. The molecule has 122 valence electrons. The normalized spacial score (nSPS) is 15.3. The molecule has 0 unspecified atom stereocenters. The number of sulfonamides is 1. The van der Waals surface area contributed by atoms with E-state index in [4.69, 9.17) is 4.74 Å². The molecule has 1 fully saturated rings. The van der Waals surface area contributed by atoms with Gasteiger partial charge in [-0.05, 0) is 18.2 Å². The van der Waals surface area contributed by atoms with Crippen molar-refractivity contribution in [3.8, 4) is 5.75 Å². The first-order valence-electron chi connectivity index (χ1n) is 6.68. The van der Waals surface area contributed by atoms with Crippen molar-refractivity contribution in [3.05, 3.63) is 18.2 Å². The summed E-state index contributed by atoms with van der Waals surface area (Å²) in [5.74, 6) is 2.24. The van der Waals surface area contributed by atoms with Crippen LogP contribution in [0.2, 0.25) is 0 Å². The number of rotatable bonds is 4. The number of benzene rings is 1. The van der Waals surface area contributed by atoms with E-state index in [1.807, 2.05) is 11.8 Å². The standard InChI is InChI=1S/C13H19N3O4S2/c1-20-12-4-3-10(9-11(12)15-22(2,18)19)14-13(17)16-5-7-21-8-6-16/h3-4,9,15H,5-8H2,1-2H3,(H,14,17). The number of thioether (sulfide) groups is 1. The summed E-state index contributed by atoms with van der Waals surface area (Å²) in [7, 11) is -1.98. The molecule has 0 aromatic heterocycles. The van der Waals surface area contributed by atoms with Crippen molar-refractivity contribution in [2.24, 2.45) is 0 Å². The zero-order valence-electron chi connectivity index (χ0n) is 12.5. The zero-order chi connectivity index (χ0) is 16.2. The van der Waals surface area contributed by atoms with Gasteiger partial charge in [0.15, 0.2) is 0 Å². The smallest absolute Gasteiger partial charge is 0.321 e. The molecule has 0 spiro atoms. The van der Waals surface area contributed by atoms with E-state index in [-0.39, 0.29) is 11.7 Å². The topological polar surface area (TPSA) is 87.7 Å². The number of amides is 2. The van der Waals surface area contributed by atoms with Crippen molar-refractivity contribution >= 4 is 39.2 Å². The summed E-state index contributed by atoms with van der Waals surface area (Å²) in [4.78, 5) is 13.9. The fourth-order valence-corrected chi connectivity index (χ4v) is 3.50. The lowest BCUT2D eigenvalue weighted by molar-refractivity contribution is 0.217. The fraction of sp³-hybridized carbons (Fsp3) is 0.462. The molecule has 0 saturated carbocycles. The Hall–Kier alpha value is -1.61. The van der Waals surface area contributed by atoms with Gasteiger partial charge in [-0.3, -0.25) is 4.72 Å². The average molecular weight is 345 g/mol. The lowest BCUT2D eigenvalue weighted by Gasteiger charge is -2.26. The summed E-state index contributed by atoms with van der Waals surface area (Å²) in [6.07, 6.45) is 1.06. The van der Waals surface area contributed by atoms with Crippen LogP contribution in [0, 0.1) is 0 Å². The van der Waals surface area contributed by atoms with Crippen LogP contribution in [0.15, 0.2) is 18.2 Å². The van der Waals surface area contributed by atoms with E-state index in [0.29, 0.717) is 24.5 Å². The van der Waals surface area contributed by atoms with E-state index in [2.05, 4.69) is 10.0 Å². The molecule has 1 aliphatic heterocycles. The number of carbonyl (C=O) groups is 1. The highest BCUT2D eigenvalue weighted by molar-refractivity contribution is 7.99. The Bertz CT molecular complexity index is 643. The third-order valence-corrected chi connectivity index (χ3v) is 4.58. The molecule has 0 aliphatic carbocycles. The number of hydrogen-bond acceptors (Lipinski definition) is 5. The van der Waals surface area contributed by atoms with Gasteiger partial charge in [0.2, 0.25) is 10.0 Å². The van der Waals surface area contributed by atoms with Crippen LogP contribution in [0.3, 0.4) is 0 Å². The summed E-state index contributed by atoms with van der Waals surface area (Å²) in [5, 5.41) is 2.78. The van der Waals surface area contributed by atoms with E-state index in [9.17, 15) is 13.2 Å². The molecule has 1 aromatic rings. The number of nitrogens with zero attached hydrogens (tertiary/aromatic N) is 1. The maximum atomic E-state index is 12.2. The molecule has 2 N–H and O–H groups in total. The molecule has 0 radical (unpaired) electrons. The Balaban J connectivity index is 2.14. The van der Waals surface area contributed by atoms with Gasteiger partial charge in [0.25, 0.3) is 0 Å². The summed E-state index contributed by atoms with van der Waals surface area (Å²) in [5.41, 5.74) is 0.798. The maximum absolute atomic E-state index is 12.2. The second-order valence-electron chi connectivity index (χ2n) is 4.82. The van der Waals surface area contributed by atoms with Crippen molar-refractivity contribution in [1.82, 2.24) is 4.90 Å². The van der Waals surface area contributed by atoms with Crippen LogP contribution in [-0.4, -0.2) is 57.3 Å². The monoisotopic (exact) mass is 345 g/mol. The minimum atomic E-state index is -3.43. The van der Waals surface area contributed by atoms with Gasteiger partial charge in [0.1, 0.15) is 5.75 Å². The second kappa shape index (κ2) is 7.10. The van der Waals surface area contributed by atoms with Crippen LogP contribution in [0.5, 0.6) is 5.75 Å². The summed E-state index contributed by atoms with van der Waals surface area (Å²) >= 11 is 1.82. The first kappa shape index (κ1) is 16.8. The number of hydrogen-bond donors (Lipinski definition) is 2. The van der Waals surface area contributed by atoms with Gasteiger partial charge < -0.3 is 15.0 Å². The number of anilines is 2. The highest BCUT2D eigenvalue weighted by Crippen LogP contribution is 2.28. The highest BCUT2D eigenvalue weighted by atomic mass is 32.2. The van der Waals surface area contributed by atoms with Gasteiger partial charge in [-0.1, -0.05) is 0 Å². The predicted octanol–water partition coefficient (Wildman–Crippen LogP) is 1.65. The van der Waals surface area contributed by atoms with Gasteiger partial charge in [0.05, 0.1) is 19.1 Å². The fourth-order valence-electron chi connectivity index (χ4n) is 2.03. The Morgan fingerprint density at radius 3 is 2.59 bits per heavy atom. The Kier molecular flexibility index (Phi) is 5.41. The molecule has 22 heavy (non-hydrogen) atoms. The first-order chi connectivity index (χ1) is 10.4. The molecule has 0 atom stereocenters. The van der Waals surface area contributed by atoms with E-state index >= 15 is 0 Å². The van der Waals surface area contributed by atoms with Crippen LogP contribution in [0.1, 0.15) is 0 Å². The Labute approximate surface area is 134 Å². The number of nitrogens with one attached hydrogen (secondary N) is 2. The van der Waals surface area contributed by atoms with Gasteiger partial charge in [-0.15, -0.1) is 0 Å². The molecule has 1 aliphatic rings. The van der Waals surface area contributed by atoms with Crippen LogP contribution in [-0.2, 0) is 10.0 Å². The maximum Gasteiger partial charge on any atom is 0.321 e. The molecule has 2 amide bonds. The largest absolute Gasteiger partial charge is 0.495 e. The van der Waals surface area contributed by atoms with E-state index < -0.39 is 10.0 Å². The van der Waals surface area contributed by atoms with Crippen LogP contribution >= 0.6 is 11.8 Å². The van der Waals surface area contributed by atoms with E-state index in [1.54, 1.807) is 17.0 Å². The zero-order valence-corrected chi connectivity index (χ0v) is 14.1. The third kappa shape index (κ3) is 4.70. The van der Waals surface area contributed by atoms with E-state index in [1.165, 1.54) is 13.2 Å². The number of carbonyl (C=O) groups excluding carboxylic acids is 1. The predicted molar refractivity (Wildman–Crippen MR) is 89.4 cm³/mol. The molecule has 9 heteroatoms. The van der Waals surface area contributed by atoms with E-state index in [0.717, 1.165) is 17.8 Å². The SMILES string of the molecule is COc1ccc(NC(=O)N2CCSCC2)cc1NS(C)(=O)=O. The van der Waals surface area contributed by atoms with Gasteiger partial charge in [-0.25, -0.2) is 13.2 Å². The molecule has 2 rings (SSSR count). The van der Waals surface area contributed by atoms with Crippen LogP contribution in [0.4, 0.5) is 16.2 Å². The lowest BCUT2D eigenvalue weighted by atomic mass is 10.2. The molecular formula is C13H19N3O4S2. The van der Waals surface area contributed by atoms with Crippen molar-refractivity contribution in [1.29, 1.82) is 0 Å². The van der Waals surface area contributed by atoms with Crippen molar-refractivity contribution in [2.45, 2.75) is 0 Å². The summed E-state index contributed by atoms with van der Waals surface area (Å²) < 4.78 is 30.3. The summed E-state index contributed by atoms with van der Waals surface area (Å²) in [6, 6.07) is 4.63. The second-order valence-corrected chi connectivity index (χ2v) is 7.79. The Morgan fingerprint density at radius 2 is 2.00 bits per heavy atom. The van der Waals surface area contributed by atoms with Crippen molar-refractivity contribution in [3.63, 3.8) is 0 Å². The minimum absolute atomic E-state index is 0.184. The first-order valence-corrected chi connectivity index (χ1v) is 9.73. The molecule has 0 bridgehead atoms. The molecule has 1 saturated heterocycles. The third-order valence-electron chi connectivity index (χ3n) is 3.04. The Morgan fingerprint density at radius 1 is 1.32 bits per heavy atom. The lowest BCUT2D eigenvalue weighted by Crippen LogP contribution is -2.40.